The fourth-order valence-electron chi connectivity index (χ4n) is 2.66. The van der Waals surface area contributed by atoms with Crippen LogP contribution in [0.1, 0.15) is 49.5 Å². The number of aromatic nitrogens is 2. The average molecular weight is 279 g/mol. The molecule has 2 N–H and O–H groups in total. The van der Waals surface area contributed by atoms with Crippen LogP contribution in [-0.2, 0) is 11.3 Å². The molecule has 0 radical (unpaired) electrons. The summed E-state index contributed by atoms with van der Waals surface area (Å²) in [5.74, 6) is -0.932. The van der Waals surface area contributed by atoms with Gasteiger partial charge in [-0.15, -0.1) is 0 Å². The van der Waals surface area contributed by atoms with Crippen LogP contribution < -0.4 is 5.32 Å². The zero-order chi connectivity index (χ0) is 14.6. The lowest BCUT2D eigenvalue weighted by atomic mass is 9.75. The van der Waals surface area contributed by atoms with Crippen molar-refractivity contribution in [3.63, 3.8) is 0 Å². The Morgan fingerprint density at radius 2 is 2.10 bits per heavy atom. The highest BCUT2D eigenvalue weighted by atomic mass is 16.4. The van der Waals surface area contributed by atoms with Crippen LogP contribution in [0.4, 0.5) is 0 Å². The third-order valence-electron chi connectivity index (χ3n) is 4.01. The molecule has 6 heteroatoms. The molecule has 0 bridgehead atoms. The van der Waals surface area contributed by atoms with Gasteiger partial charge in [-0.2, -0.15) is 0 Å². The van der Waals surface area contributed by atoms with Crippen LogP contribution in [0.2, 0.25) is 0 Å². The molecule has 6 nitrogen and oxygen atoms in total. The normalized spacial score (nSPS) is 17.6. The maximum atomic E-state index is 12.2. The third-order valence-corrected chi connectivity index (χ3v) is 4.01. The summed E-state index contributed by atoms with van der Waals surface area (Å²) in [6.45, 7) is 3.05. The van der Waals surface area contributed by atoms with Crippen molar-refractivity contribution in [2.24, 2.45) is 5.41 Å². The highest BCUT2D eigenvalue weighted by Crippen LogP contribution is 2.35. The smallest absolute Gasteiger partial charge is 0.356 e. The minimum Gasteiger partial charge on any atom is -0.476 e. The van der Waals surface area contributed by atoms with Gasteiger partial charge in [0.05, 0.1) is 6.33 Å². The van der Waals surface area contributed by atoms with Crippen LogP contribution in [0.25, 0.3) is 0 Å². The summed E-state index contributed by atoms with van der Waals surface area (Å²) < 4.78 is 1.67. The van der Waals surface area contributed by atoms with Gasteiger partial charge in [-0.1, -0.05) is 26.2 Å². The van der Waals surface area contributed by atoms with Crippen molar-refractivity contribution >= 4 is 11.9 Å². The summed E-state index contributed by atoms with van der Waals surface area (Å²) in [4.78, 5) is 26.7. The standard InChI is InChI=1S/C14H21N3O3/c1-14(5-3-2-4-6-14)13(20)15-7-8-17-9-11(12(18)19)16-10-17/h9-10H,2-8H2,1H3,(H,15,20)(H,18,19). The molecule has 20 heavy (non-hydrogen) atoms. The minimum absolute atomic E-state index is 0.0237. The van der Waals surface area contributed by atoms with Crippen molar-refractivity contribution in [1.29, 1.82) is 0 Å². The van der Waals surface area contributed by atoms with E-state index in [0.29, 0.717) is 13.1 Å². The van der Waals surface area contributed by atoms with E-state index in [0.717, 1.165) is 25.7 Å². The van der Waals surface area contributed by atoms with Crippen LogP contribution in [0.3, 0.4) is 0 Å². The molecular formula is C14H21N3O3. The SMILES string of the molecule is CC1(C(=O)NCCn2cnc(C(=O)O)c2)CCCCC1. The largest absolute Gasteiger partial charge is 0.476 e. The first-order valence-corrected chi connectivity index (χ1v) is 7.05. The summed E-state index contributed by atoms with van der Waals surface area (Å²) in [6, 6.07) is 0. The zero-order valence-corrected chi connectivity index (χ0v) is 11.8. The minimum atomic E-state index is -1.04. The van der Waals surface area contributed by atoms with E-state index in [1.165, 1.54) is 18.9 Å². The molecule has 0 spiro atoms. The van der Waals surface area contributed by atoms with Gasteiger partial charge in [0, 0.05) is 24.7 Å². The molecule has 1 saturated carbocycles. The number of carboxylic acids is 1. The first-order chi connectivity index (χ1) is 9.51. The Balaban J connectivity index is 1.80. The van der Waals surface area contributed by atoms with Crippen LogP contribution in [0.15, 0.2) is 12.5 Å². The van der Waals surface area contributed by atoms with Gasteiger partial charge >= 0.3 is 5.97 Å². The molecule has 1 aliphatic carbocycles. The Morgan fingerprint density at radius 3 is 2.70 bits per heavy atom. The summed E-state index contributed by atoms with van der Waals surface area (Å²) in [6.07, 6.45) is 8.30. The molecule has 1 aromatic heterocycles. The zero-order valence-electron chi connectivity index (χ0n) is 11.8. The van der Waals surface area contributed by atoms with Crippen LogP contribution in [-0.4, -0.2) is 33.1 Å². The maximum absolute atomic E-state index is 12.2. The van der Waals surface area contributed by atoms with Crippen LogP contribution in [0, 0.1) is 5.41 Å². The number of nitrogens with zero attached hydrogens (tertiary/aromatic N) is 2. The second-order valence-corrected chi connectivity index (χ2v) is 5.68. The predicted molar refractivity (Wildman–Crippen MR) is 73.4 cm³/mol. The van der Waals surface area contributed by atoms with Gasteiger partial charge in [-0.25, -0.2) is 9.78 Å². The molecule has 0 saturated heterocycles. The lowest BCUT2D eigenvalue weighted by Crippen LogP contribution is -2.41. The van der Waals surface area contributed by atoms with Gasteiger partial charge < -0.3 is 15.0 Å². The van der Waals surface area contributed by atoms with Crippen molar-refractivity contribution < 1.29 is 14.7 Å². The lowest BCUT2D eigenvalue weighted by molar-refractivity contribution is -0.131. The lowest BCUT2D eigenvalue weighted by Gasteiger charge is -2.32. The van der Waals surface area contributed by atoms with Gasteiger partial charge in [0.2, 0.25) is 5.91 Å². The number of amides is 1. The number of carboxylic acid groups (broad SMARTS) is 1. The molecule has 1 heterocycles. The Labute approximate surface area is 118 Å². The van der Waals surface area contributed by atoms with Gasteiger partial charge in [0.25, 0.3) is 0 Å². The first-order valence-electron chi connectivity index (χ1n) is 7.05. The summed E-state index contributed by atoms with van der Waals surface area (Å²) >= 11 is 0. The molecule has 2 rings (SSSR count). The number of hydrogen-bond donors (Lipinski definition) is 2. The molecular weight excluding hydrogens is 258 g/mol. The summed E-state index contributed by atoms with van der Waals surface area (Å²) in [5, 5.41) is 11.7. The Hall–Kier alpha value is -1.85. The molecule has 0 unspecified atom stereocenters. The quantitative estimate of drug-likeness (QED) is 0.858. The van der Waals surface area contributed by atoms with E-state index in [-0.39, 0.29) is 17.0 Å². The number of carbonyl (C=O) groups excluding carboxylic acids is 1. The Morgan fingerprint density at radius 1 is 1.40 bits per heavy atom. The number of nitrogens with one attached hydrogen (secondary N) is 1. The fourth-order valence-corrected chi connectivity index (χ4v) is 2.66. The van der Waals surface area contributed by atoms with Crippen LogP contribution in [0.5, 0.6) is 0 Å². The molecule has 1 fully saturated rings. The van der Waals surface area contributed by atoms with Gasteiger partial charge in [0.15, 0.2) is 5.69 Å². The summed E-state index contributed by atoms with van der Waals surface area (Å²) in [7, 11) is 0. The van der Waals surface area contributed by atoms with Crippen LogP contribution >= 0.6 is 0 Å². The van der Waals surface area contributed by atoms with Gasteiger partial charge in [-0.3, -0.25) is 4.79 Å². The monoisotopic (exact) mass is 279 g/mol. The van der Waals surface area contributed by atoms with E-state index in [4.69, 9.17) is 5.11 Å². The number of imidazole rings is 1. The Kier molecular flexibility index (Phi) is 4.42. The van der Waals surface area contributed by atoms with Crippen molar-refractivity contribution in [3.05, 3.63) is 18.2 Å². The first kappa shape index (κ1) is 14.6. The van der Waals surface area contributed by atoms with Crippen molar-refractivity contribution in [1.82, 2.24) is 14.9 Å². The van der Waals surface area contributed by atoms with E-state index in [9.17, 15) is 9.59 Å². The number of rotatable bonds is 5. The maximum Gasteiger partial charge on any atom is 0.356 e. The molecule has 110 valence electrons. The number of carbonyl (C=O) groups is 2. The second kappa shape index (κ2) is 6.07. The summed E-state index contributed by atoms with van der Waals surface area (Å²) in [5.41, 5.74) is -0.213. The van der Waals surface area contributed by atoms with Gasteiger partial charge in [0.1, 0.15) is 0 Å². The Bertz CT molecular complexity index is 490. The fraction of sp³-hybridized carbons (Fsp3) is 0.643. The number of aromatic carboxylic acids is 1. The molecule has 0 atom stereocenters. The van der Waals surface area contributed by atoms with E-state index < -0.39 is 5.97 Å². The molecule has 0 aromatic carbocycles. The predicted octanol–water partition coefficient (Wildman–Crippen LogP) is 1.67. The topological polar surface area (TPSA) is 84.2 Å². The average Bonchev–Trinajstić information content (AvgIpc) is 2.88. The molecule has 1 aromatic rings. The van der Waals surface area contributed by atoms with E-state index in [2.05, 4.69) is 10.3 Å². The highest BCUT2D eigenvalue weighted by molar-refractivity contribution is 5.84. The van der Waals surface area contributed by atoms with E-state index in [1.807, 2.05) is 6.92 Å². The number of hydrogen-bond acceptors (Lipinski definition) is 3. The van der Waals surface area contributed by atoms with Crippen molar-refractivity contribution in [2.75, 3.05) is 6.54 Å². The second-order valence-electron chi connectivity index (χ2n) is 5.68. The third kappa shape index (κ3) is 3.37. The van der Waals surface area contributed by atoms with Gasteiger partial charge in [-0.05, 0) is 12.8 Å². The van der Waals surface area contributed by atoms with Crippen molar-refractivity contribution in [3.8, 4) is 0 Å². The van der Waals surface area contributed by atoms with E-state index in [1.54, 1.807) is 4.57 Å². The van der Waals surface area contributed by atoms with Crippen molar-refractivity contribution in [2.45, 2.75) is 45.6 Å². The highest BCUT2D eigenvalue weighted by Gasteiger charge is 2.33. The van der Waals surface area contributed by atoms with E-state index >= 15 is 0 Å². The molecule has 1 aliphatic rings. The molecule has 0 aliphatic heterocycles. The molecule has 1 amide bonds.